The number of hydroxylamine groups is 1. The largest absolute Gasteiger partial charge is 0.326 e. The summed E-state index contributed by atoms with van der Waals surface area (Å²) >= 11 is 0. The monoisotopic (exact) mass is 515 g/mol. The normalized spacial score (nSPS) is 11.3. The Bertz CT molecular complexity index is 1140. The molecule has 0 aliphatic heterocycles. The second kappa shape index (κ2) is 15.1. The minimum Gasteiger partial charge on any atom is -0.326 e. The molecule has 0 aliphatic carbocycles. The van der Waals surface area contributed by atoms with Crippen LogP contribution in [0.2, 0.25) is 0 Å². The number of hydrogen-bond donors (Lipinski definition) is 4. The predicted octanol–water partition coefficient (Wildman–Crippen LogP) is 5.01. The average Bonchev–Trinajstić information content (AvgIpc) is 2.92. The van der Waals surface area contributed by atoms with Gasteiger partial charge in [0.15, 0.2) is 5.78 Å². The van der Waals surface area contributed by atoms with Crippen LogP contribution in [0.25, 0.3) is 0 Å². The summed E-state index contributed by atoms with van der Waals surface area (Å²) in [4.78, 5) is 49.8. The fraction of sp³-hybridized carbons (Fsp3) is 0.267. The highest BCUT2D eigenvalue weighted by atomic mass is 16.5. The number of unbranched alkanes of at least 4 members (excludes halogenated alkanes) is 3. The maximum atomic E-state index is 13.3. The molecule has 4 N–H and O–H groups in total. The Morgan fingerprint density at radius 1 is 0.632 bits per heavy atom. The van der Waals surface area contributed by atoms with Crippen LogP contribution in [-0.2, 0) is 25.6 Å². The third-order valence-electron chi connectivity index (χ3n) is 6.06. The predicted molar refractivity (Wildman–Crippen MR) is 146 cm³/mol. The molecule has 0 spiro atoms. The van der Waals surface area contributed by atoms with E-state index in [4.69, 9.17) is 5.21 Å². The Kier molecular flexibility index (Phi) is 11.2. The van der Waals surface area contributed by atoms with E-state index in [0.717, 1.165) is 18.4 Å². The van der Waals surface area contributed by atoms with Crippen molar-refractivity contribution in [3.05, 3.63) is 96.1 Å². The van der Waals surface area contributed by atoms with Crippen LogP contribution in [0.1, 0.15) is 55.6 Å². The number of carbonyl (C=O) groups is 4. The van der Waals surface area contributed by atoms with Gasteiger partial charge in [0.05, 0.1) is 0 Å². The van der Waals surface area contributed by atoms with E-state index in [1.54, 1.807) is 41.9 Å². The van der Waals surface area contributed by atoms with E-state index in [-0.39, 0.29) is 24.5 Å². The standard InChI is InChI=1S/C30H33N3O5/c34-26(21-22-11-5-3-6-12-22)29(30(37)32-24-13-7-4-8-14-24)23-17-19-25(20-18-23)31-27(35)15-9-1-2-10-16-28(36)33-38/h3-8,11-14,17-20,29,38H,1-2,9-10,15-16,21H2,(H,31,35)(H,32,37)(H,33,36). The van der Waals surface area contributed by atoms with Gasteiger partial charge in [0.25, 0.3) is 0 Å². The first-order valence-corrected chi connectivity index (χ1v) is 12.7. The van der Waals surface area contributed by atoms with Gasteiger partial charge in [-0.25, -0.2) is 5.48 Å². The number of amides is 3. The van der Waals surface area contributed by atoms with Crippen molar-refractivity contribution in [1.29, 1.82) is 0 Å². The molecule has 0 saturated carbocycles. The minimum atomic E-state index is -1.01. The van der Waals surface area contributed by atoms with E-state index in [2.05, 4.69) is 10.6 Å². The fourth-order valence-corrected chi connectivity index (χ4v) is 4.08. The molecule has 8 heteroatoms. The van der Waals surface area contributed by atoms with Crippen LogP contribution >= 0.6 is 0 Å². The van der Waals surface area contributed by atoms with Gasteiger partial charge in [-0.1, -0.05) is 73.5 Å². The van der Waals surface area contributed by atoms with Crippen molar-refractivity contribution in [2.75, 3.05) is 10.6 Å². The molecule has 0 bridgehead atoms. The molecule has 0 saturated heterocycles. The molecule has 3 amide bonds. The zero-order chi connectivity index (χ0) is 27.2. The summed E-state index contributed by atoms with van der Waals surface area (Å²) in [7, 11) is 0. The SMILES string of the molecule is O=C(CCCCCCC(=O)Nc1ccc(C(C(=O)Cc2ccccc2)C(=O)Nc2ccccc2)cc1)NO. The topological polar surface area (TPSA) is 125 Å². The Labute approximate surface area is 222 Å². The molecule has 0 radical (unpaired) electrons. The van der Waals surface area contributed by atoms with Crippen molar-refractivity contribution in [3.63, 3.8) is 0 Å². The van der Waals surface area contributed by atoms with E-state index < -0.39 is 17.7 Å². The number of carbonyl (C=O) groups excluding carboxylic acids is 4. The minimum absolute atomic E-state index is 0.122. The van der Waals surface area contributed by atoms with Gasteiger partial charge in [0, 0.05) is 30.6 Å². The van der Waals surface area contributed by atoms with Gasteiger partial charge in [-0.15, -0.1) is 0 Å². The first-order chi connectivity index (χ1) is 18.5. The van der Waals surface area contributed by atoms with E-state index in [1.807, 2.05) is 48.5 Å². The summed E-state index contributed by atoms with van der Waals surface area (Å²) in [5, 5.41) is 14.2. The molecule has 3 aromatic rings. The lowest BCUT2D eigenvalue weighted by atomic mass is 9.90. The Hall–Kier alpha value is -4.30. The van der Waals surface area contributed by atoms with Gasteiger partial charge in [0.2, 0.25) is 17.7 Å². The number of hydrogen-bond acceptors (Lipinski definition) is 5. The van der Waals surface area contributed by atoms with Crippen LogP contribution in [0.3, 0.4) is 0 Å². The summed E-state index contributed by atoms with van der Waals surface area (Å²) in [6, 6.07) is 25.1. The number of benzene rings is 3. The fourth-order valence-electron chi connectivity index (χ4n) is 4.08. The molecular formula is C30H33N3O5. The molecular weight excluding hydrogens is 482 g/mol. The highest BCUT2D eigenvalue weighted by Gasteiger charge is 2.28. The summed E-state index contributed by atoms with van der Waals surface area (Å²) in [6.07, 6.45) is 3.64. The summed E-state index contributed by atoms with van der Waals surface area (Å²) in [5.74, 6) is -2.19. The van der Waals surface area contributed by atoms with E-state index in [1.165, 1.54) is 0 Å². The summed E-state index contributed by atoms with van der Waals surface area (Å²) in [5.41, 5.74) is 4.16. The van der Waals surface area contributed by atoms with Crippen molar-refractivity contribution in [3.8, 4) is 0 Å². The highest BCUT2D eigenvalue weighted by molar-refractivity contribution is 6.12. The lowest BCUT2D eigenvalue weighted by Gasteiger charge is -2.17. The van der Waals surface area contributed by atoms with Crippen LogP contribution < -0.4 is 16.1 Å². The molecule has 3 aromatic carbocycles. The first-order valence-electron chi connectivity index (χ1n) is 12.7. The smallest absolute Gasteiger partial charge is 0.243 e. The Morgan fingerprint density at radius 3 is 1.79 bits per heavy atom. The Morgan fingerprint density at radius 2 is 1.18 bits per heavy atom. The van der Waals surface area contributed by atoms with Crippen LogP contribution in [0.15, 0.2) is 84.9 Å². The Balaban J connectivity index is 1.60. The zero-order valence-electron chi connectivity index (χ0n) is 21.2. The molecule has 0 fully saturated rings. The molecule has 1 unspecified atom stereocenters. The van der Waals surface area contributed by atoms with Crippen LogP contribution in [0.5, 0.6) is 0 Å². The number of Topliss-reactive ketones (excluding diaryl/α,β-unsaturated/α-hetero) is 1. The van der Waals surface area contributed by atoms with Gasteiger partial charge in [-0.05, 0) is 48.2 Å². The summed E-state index contributed by atoms with van der Waals surface area (Å²) in [6.45, 7) is 0. The van der Waals surface area contributed by atoms with Gasteiger partial charge in [-0.2, -0.15) is 0 Å². The van der Waals surface area contributed by atoms with E-state index in [9.17, 15) is 19.2 Å². The lowest BCUT2D eigenvalue weighted by molar-refractivity contribution is -0.129. The number of nitrogens with one attached hydrogen (secondary N) is 3. The van der Waals surface area contributed by atoms with Crippen LogP contribution in [0, 0.1) is 0 Å². The van der Waals surface area contributed by atoms with E-state index in [0.29, 0.717) is 36.2 Å². The molecule has 3 rings (SSSR count). The van der Waals surface area contributed by atoms with Crippen molar-refractivity contribution in [2.45, 2.75) is 50.9 Å². The van der Waals surface area contributed by atoms with Crippen LogP contribution in [-0.4, -0.2) is 28.7 Å². The van der Waals surface area contributed by atoms with Gasteiger partial charge in [-0.3, -0.25) is 24.4 Å². The molecule has 198 valence electrons. The molecule has 0 heterocycles. The van der Waals surface area contributed by atoms with Crippen LogP contribution in [0.4, 0.5) is 11.4 Å². The molecule has 8 nitrogen and oxygen atoms in total. The van der Waals surface area contributed by atoms with Crippen molar-refractivity contribution in [1.82, 2.24) is 5.48 Å². The van der Waals surface area contributed by atoms with Gasteiger partial charge in [0.1, 0.15) is 5.92 Å². The third kappa shape index (κ3) is 9.29. The second-order valence-corrected chi connectivity index (χ2v) is 9.04. The quantitative estimate of drug-likeness (QED) is 0.104. The molecule has 0 aromatic heterocycles. The maximum Gasteiger partial charge on any atom is 0.243 e. The van der Waals surface area contributed by atoms with E-state index >= 15 is 0 Å². The molecule has 38 heavy (non-hydrogen) atoms. The van der Waals surface area contributed by atoms with Crippen molar-refractivity contribution in [2.24, 2.45) is 0 Å². The van der Waals surface area contributed by atoms with Gasteiger partial charge < -0.3 is 10.6 Å². The van der Waals surface area contributed by atoms with Gasteiger partial charge >= 0.3 is 0 Å². The lowest BCUT2D eigenvalue weighted by Crippen LogP contribution is -2.29. The third-order valence-corrected chi connectivity index (χ3v) is 6.06. The number of anilines is 2. The molecule has 1 atom stereocenters. The summed E-state index contributed by atoms with van der Waals surface area (Å²) < 4.78 is 0. The first kappa shape index (κ1) is 28.3. The highest BCUT2D eigenvalue weighted by Crippen LogP contribution is 2.24. The van der Waals surface area contributed by atoms with Crippen molar-refractivity contribution >= 4 is 34.9 Å². The maximum absolute atomic E-state index is 13.3. The number of rotatable bonds is 14. The average molecular weight is 516 g/mol. The molecule has 0 aliphatic rings. The second-order valence-electron chi connectivity index (χ2n) is 9.04. The van der Waals surface area contributed by atoms with Crippen molar-refractivity contribution < 1.29 is 24.4 Å². The number of ketones is 1. The number of para-hydroxylation sites is 1. The zero-order valence-corrected chi connectivity index (χ0v) is 21.2.